The largest absolute Gasteiger partial charge is 0.368 e. The number of amides is 1. The van der Waals surface area contributed by atoms with Crippen molar-refractivity contribution in [3.63, 3.8) is 0 Å². The fourth-order valence-electron chi connectivity index (χ4n) is 3.50. The summed E-state index contributed by atoms with van der Waals surface area (Å²) in [6.45, 7) is 3.08. The Labute approximate surface area is 175 Å². The van der Waals surface area contributed by atoms with Gasteiger partial charge >= 0.3 is 0 Å². The monoisotopic (exact) mass is 410 g/mol. The van der Waals surface area contributed by atoms with Crippen LogP contribution in [0.3, 0.4) is 0 Å². The van der Waals surface area contributed by atoms with E-state index in [1.807, 2.05) is 53.4 Å². The molecule has 150 valence electrons. The molecule has 1 aliphatic rings. The number of anilines is 1. The van der Waals surface area contributed by atoms with Crippen LogP contribution >= 0.6 is 11.6 Å². The highest BCUT2D eigenvalue weighted by Crippen LogP contribution is 2.21. The molecule has 1 aromatic heterocycles. The number of carbonyl (C=O) groups excluding carboxylic acids is 1. The van der Waals surface area contributed by atoms with Gasteiger partial charge in [0.1, 0.15) is 0 Å². The maximum atomic E-state index is 12.5. The van der Waals surface area contributed by atoms with Crippen LogP contribution in [-0.4, -0.2) is 47.1 Å². The number of rotatable bonds is 6. The van der Waals surface area contributed by atoms with Crippen molar-refractivity contribution in [2.75, 3.05) is 31.1 Å². The summed E-state index contributed by atoms with van der Waals surface area (Å²) >= 11 is 6.08. The Kier molecular flexibility index (Phi) is 6.10. The molecule has 4 rings (SSSR count). The Morgan fingerprint density at radius 3 is 2.59 bits per heavy atom. The van der Waals surface area contributed by atoms with Crippen molar-refractivity contribution in [2.24, 2.45) is 0 Å². The lowest BCUT2D eigenvalue weighted by molar-refractivity contribution is -0.131. The first-order valence-electron chi connectivity index (χ1n) is 9.85. The molecule has 1 saturated heterocycles. The molecule has 0 spiro atoms. The van der Waals surface area contributed by atoms with Crippen LogP contribution in [-0.2, 0) is 11.2 Å². The minimum Gasteiger partial charge on any atom is -0.368 e. The standard InChI is InChI=1S/C22H23ClN4O2/c23-18-8-4-9-19(16-18)26-12-14-27(15-13-26)21(28)11-5-10-20-24-22(25-29-20)17-6-2-1-3-7-17/h1-4,6-9,16H,5,10-15H2. The van der Waals surface area contributed by atoms with E-state index in [9.17, 15) is 4.79 Å². The number of aromatic nitrogens is 2. The maximum absolute atomic E-state index is 12.5. The molecule has 0 unspecified atom stereocenters. The second-order valence-corrected chi connectivity index (χ2v) is 7.52. The van der Waals surface area contributed by atoms with E-state index >= 15 is 0 Å². The van der Waals surface area contributed by atoms with E-state index in [0.717, 1.165) is 42.5 Å². The van der Waals surface area contributed by atoms with E-state index in [1.165, 1.54) is 0 Å². The summed E-state index contributed by atoms with van der Waals surface area (Å²) in [7, 11) is 0. The van der Waals surface area contributed by atoms with E-state index in [2.05, 4.69) is 21.1 Å². The third-order valence-electron chi connectivity index (χ3n) is 5.09. The highest BCUT2D eigenvalue weighted by atomic mass is 35.5. The van der Waals surface area contributed by atoms with Crippen LogP contribution in [0.2, 0.25) is 5.02 Å². The Morgan fingerprint density at radius 1 is 1.03 bits per heavy atom. The zero-order valence-electron chi connectivity index (χ0n) is 16.1. The molecule has 2 aromatic carbocycles. The van der Waals surface area contributed by atoms with Crippen LogP contribution in [0.5, 0.6) is 0 Å². The Hall–Kier alpha value is -2.86. The van der Waals surface area contributed by atoms with Gasteiger partial charge in [0.25, 0.3) is 0 Å². The molecule has 29 heavy (non-hydrogen) atoms. The van der Waals surface area contributed by atoms with Crippen molar-refractivity contribution in [3.8, 4) is 11.4 Å². The van der Waals surface area contributed by atoms with Gasteiger partial charge in [-0.1, -0.05) is 53.2 Å². The molecule has 1 fully saturated rings. The molecular weight excluding hydrogens is 388 g/mol. The zero-order chi connectivity index (χ0) is 20.1. The van der Waals surface area contributed by atoms with Crippen LogP contribution < -0.4 is 4.90 Å². The normalized spacial score (nSPS) is 14.2. The minimum atomic E-state index is 0.179. The summed E-state index contributed by atoms with van der Waals surface area (Å²) in [4.78, 5) is 21.2. The summed E-state index contributed by atoms with van der Waals surface area (Å²) in [5, 5.41) is 4.75. The second-order valence-electron chi connectivity index (χ2n) is 7.08. The van der Waals surface area contributed by atoms with Gasteiger partial charge in [-0.05, 0) is 24.6 Å². The molecule has 0 aliphatic carbocycles. The molecule has 3 aromatic rings. The third-order valence-corrected chi connectivity index (χ3v) is 5.32. The van der Waals surface area contributed by atoms with Gasteiger partial charge in [0.2, 0.25) is 17.6 Å². The number of halogens is 1. The number of hydrogen-bond donors (Lipinski definition) is 0. The van der Waals surface area contributed by atoms with Gasteiger partial charge in [-0.3, -0.25) is 4.79 Å². The predicted molar refractivity (Wildman–Crippen MR) is 113 cm³/mol. The maximum Gasteiger partial charge on any atom is 0.226 e. The summed E-state index contributed by atoms with van der Waals surface area (Å²) < 4.78 is 5.32. The fraction of sp³-hybridized carbons (Fsp3) is 0.318. The van der Waals surface area contributed by atoms with E-state index in [-0.39, 0.29) is 5.91 Å². The molecule has 1 aliphatic heterocycles. The molecule has 0 atom stereocenters. The first-order valence-corrected chi connectivity index (χ1v) is 10.2. The van der Waals surface area contributed by atoms with Gasteiger partial charge in [-0.25, -0.2) is 0 Å². The average molecular weight is 411 g/mol. The SMILES string of the molecule is O=C(CCCc1nc(-c2ccccc2)no1)N1CCN(c2cccc(Cl)c2)CC1. The number of benzene rings is 2. The Morgan fingerprint density at radius 2 is 1.83 bits per heavy atom. The molecular formula is C22H23ClN4O2. The lowest BCUT2D eigenvalue weighted by Crippen LogP contribution is -2.48. The average Bonchev–Trinajstić information content (AvgIpc) is 3.23. The number of aryl methyl sites for hydroxylation is 1. The summed E-state index contributed by atoms with van der Waals surface area (Å²) in [5.41, 5.74) is 2.03. The summed E-state index contributed by atoms with van der Waals surface area (Å²) in [5.74, 6) is 1.34. The first-order chi connectivity index (χ1) is 14.2. The van der Waals surface area contributed by atoms with E-state index in [1.54, 1.807) is 0 Å². The molecule has 0 saturated carbocycles. The number of carbonyl (C=O) groups is 1. The van der Waals surface area contributed by atoms with Crippen LogP contribution in [0, 0.1) is 0 Å². The van der Waals surface area contributed by atoms with Gasteiger partial charge in [0.05, 0.1) is 0 Å². The molecule has 2 heterocycles. The first kappa shape index (κ1) is 19.5. The molecule has 1 amide bonds. The Bertz CT molecular complexity index is 952. The van der Waals surface area contributed by atoms with E-state index in [4.69, 9.17) is 16.1 Å². The number of nitrogens with zero attached hydrogens (tertiary/aromatic N) is 4. The smallest absolute Gasteiger partial charge is 0.226 e. The predicted octanol–water partition coefficient (Wildman–Crippen LogP) is 4.06. The highest BCUT2D eigenvalue weighted by molar-refractivity contribution is 6.30. The highest BCUT2D eigenvalue weighted by Gasteiger charge is 2.21. The van der Waals surface area contributed by atoms with Crippen LogP contribution in [0.25, 0.3) is 11.4 Å². The number of hydrogen-bond acceptors (Lipinski definition) is 5. The molecule has 6 nitrogen and oxygen atoms in total. The Balaban J connectivity index is 1.22. The molecule has 0 bridgehead atoms. The second kappa shape index (κ2) is 9.09. The van der Waals surface area contributed by atoms with Crippen molar-refractivity contribution >= 4 is 23.2 Å². The molecule has 0 radical (unpaired) electrons. The summed E-state index contributed by atoms with van der Waals surface area (Å²) in [6, 6.07) is 17.6. The van der Waals surface area contributed by atoms with Crippen molar-refractivity contribution in [3.05, 3.63) is 65.5 Å². The molecule has 0 N–H and O–H groups in total. The molecule has 7 heteroatoms. The topological polar surface area (TPSA) is 62.5 Å². The van der Waals surface area contributed by atoms with Crippen LogP contribution in [0.1, 0.15) is 18.7 Å². The lowest BCUT2D eigenvalue weighted by atomic mass is 10.2. The minimum absolute atomic E-state index is 0.179. The van der Waals surface area contributed by atoms with Gasteiger partial charge < -0.3 is 14.3 Å². The van der Waals surface area contributed by atoms with E-state index < -0.39 is 0 Å². The van der Waals surface area contributed by atoms with E-state index in [0.29, 0.717) is 31.0 Å². The van der Waals surface area contributed by atoms with Crippen molar-refractivity contribution in [2.45, 2.75) is 19.3 Å². The lowest BCUT2D eigenvalue weighted by Gasteiger charge is -2.36. The van der Waals surface area contributed by atoms with Gasteiger partial charge in [-0.15, -0.1) is 0 Å². The summed E-state index contributed by atoms with van der Waals surface area (Å²) in [6.07, 6.45) is 1.79. The quantitative estimate of drug-likeness (QED) is 0.613. The van der Waals surface area contributed by atoms with Gasteiger partial charge in [-0.2, -0.15) is 4.98 Å². The van der Waals surface area contributed by atoms with Crippen molar-refractivity contribution in [1.29, 1.82) is 0 Å². The number of piperazine rings is 1. The van der Waals surface area contributed by atoms with Gasteiger partial charge in [0.15, 0.2) is 0 Å². The zero-order valence-corrected chi connectivity index (χ0v) is 16.9. The van der Waals surface area contributed by atoms with Crippen molar-refractivity contribution < 1.29 is 9.32 Å². The third kappa shape index (κ3) is 4.95. The van der Waals surface area contributed by atoms with Crippen LogP contribution in [0.4, 0.5) is 5.69 Å². The van der Waals surface area contributed by atoms with Crippen LogP contribution in [0.15, 0.2) is 59.1 Å². The van der Waals surface area contributed by atoms with Crippen molar-refractivity contribution in [1.82, 2.24) is 15.0 Å². The van der Waals surface area contributed by atoms with Gasteiger partial charge in [0, 0.05) is 55.3 Å². The fourth-order valence-corrected chi connectivity index (χ4v) is 3.68.